The van der Waals surface area contributed by atoms with Crippen LogP contribution in [0.4, 0.5) is 8.78 Å². The van der Waals surface area contributed by atoms with Crippen molar-refractivity contribution in [2.75, 3.05) is 0 Å². The van der Waals surface area contributed by atoms with Gasteiger partial charge in [-0.05, 0) is 28.7 Å². The molecule has 1 aromatic heterocycles. The van der Waals surface area contributed by atoms with Crippen LogP contribution in [0, 0.1) is 15.0 Å². The molecule has 0 radical (unpaired) electrons. The summed E-state index contributed by atoms with van der Waals surface area (Å²) in [5, 5.41) is 8.49. The lowest BCUT2D eigenvalue weighted by molar-refractivity contribution is 0.149. The van der Waals surface area contributed by atoms with Gasteiger partial charge in [-0.2, -0.15) is 5.26 Å². The van der Waals surface area contributed by atoms with Crippen molar-refractivity contribution < 1.29 is 8.78 Å². The molecule has 0 aliphatic carbocycles. The Morgan fingerprint density at radius 2 is 2.23 bits per heavy atom. The Hall–Kier alpha value is -0.970. The monoisotopic (exact) mass is 296 g/mol. The van der Waals surface area contributed by atoms with Gasteiger partial charge in [-0.15, -0.1) is 0 Å². The van der Waals surface area contributed by atoms with Crippen LogP contribution in [0.3, 0.4) is 0 Å². The molecule has 6 heteroatoms. The third-order valence-corrected chi connectivity index (χ3v) is 2.23. The molecule has 0 atom stereocenters. The van der Waals surface area contributed by atoms with Gasteiger partial charge >= 0.3 is 0 Å². The molecule has 0 spiro atoms. The summed E-state index contributed by atoms with van der Waals surface area (Å²) < 4.78 is 24.6. The van der Waals surface area contributed by atoms with E-state index in [2.05, 4.69) is 4.98 Å². The van der Waals surface area contributed by atoms with E-state index in [4.69, 9.17) is 5.26 Å². The summed E-state index contributed by atoms with van der Waals surface area (Å²) in [4.78, 5) is 13.1. The molecular formula is C7H3F2IN2O. The number of nitrogens with one attached hydrogen (secondary N) is 1. The maximum atomic E-state index is 12.1. The first-order valence-electron chi connectivity index (χ1n) is 3.17. The van der Waals surface area contributed by atoms with Crippen molar-refractivity contribution in [3.63, 3.8) is 0 Å². The van der Waals surface area contributed by atoms with Gasteiger partial charge in [-0.3, -0.25) is 4.79 Å². The number of halogens is 3. The number of aromatic nitrogens is 1. The summed E-state index contributed by atoms with van der Waals surface area (Å²) in [7, 11) is 0. The number of rotatable bonds is 1. The molecule has 0 unspecified atom stereocenters. The van der Waals surface area contributed by atoms with Gasteiger partial charge in [0.05, 0.1) is 14.8 Å². The molecule has 1 aromatic rings. The van der Waals surface area contributed by atoms with Crippen molar-refractivity contribution in [1.82, 2.24) is 4.98 Å². The van der Waals surface area contributed by atoms with E-state index in [9.17, 15) is 13.6 Å². The average molecular weight is 296 g/mol. The van der Waals surface area contributed by atoms with E-state index < -0.39 is 17.5 Å². The lowest BCUT2D eigenvalue weighted by Crippen LogP contribution is -2.15. The first kappa shape index (κ1) is 10.1. The fourth-order valence-electron chi connectivity index (χ4n) is 0.767. The number of aromatic amines is 1. The molecule has 68 valence electrons. The van der Waals surface area contributed by atoms with Crippen molar-refractivity contribution in [3.8, 4) is 6.07 Å². The highest BCUT2D eigenvalue weighted by atomic mass is 127. The number of hydrogen-bond acceptors (Lipinski definition) is 2. The molecule has 0 fully saturated rings. The van der Waals surface area contributed by atoms with Gasteiger partial charge in [-0.1, -0.05) is 0 Å². The summed E-state index contributed by atoms with van der Waals surface area (Å²) in [6, 6.07) is 2.61. The summed E-state index contributed by atoms with van der Waals surface area (Å²) in [6.45, 7) is 0. The van der Waals surface area contributed by atoms with Crippen LogP contribution >= 0.6 is 22.6 Å². The second-order valence-corrected chi connectivity index (χ2v) is 3.27. The maximum absolute atomic E-state index is 12.1. The van der Waals surface area contributed by atoms with Crippen LogP contribution < -0.4 is 5.56 Å². The van der Waals surface area contributed by atoms with E-state index in [1.54, 1.807) is 28.7 Å². The fourth-order valence-corrected chi connectivity index (χ4v) is 1.29. The second-order valence-electron chi connectivity index (χ2n) is 2.19. The molecule has 0 saturated heterocycles. The highest BCUT2D eigenvalue weighted by Gasteiger charge is 2.14. The number of pyridine rings is 1. The number of alkyl halides is 2. The van der Waals surface area contributed by atoms with E-state index in [1.165, 1.54) is 0 Å². The first-order valence-corrected chi connectivity index (χ1v) is 4.25. The molecule has 0 amide bonds. The molecule has 1 heterocycles. The van der Waals surface area contributed by atoms with Crippen LogP contribution in [0.2, 0.25) is 0 Å². The Kier molecular flexibility index (Phi) is 2.98. The molecule has 3 nitrogen and oxygen atoms in total. The number of nitrogens with zero attached hydrogens (tertiary/aromatic N) is 1. The van der Waals surface area contributed by atoms with Crippen molar-refractivity contribution in [2.24, 2.45) is 0 Å². The van der Waals surface area contributed by atoms with Crippen molar-refractivity contribution in [1.29, 1.82) is 5.26 Å². The summed E-state index contributed by atoms with van der Waals surface area (Å²) in [6.07, 6.45) is -2.85. The van der Waals surface area contributed by atoms with E-state index in [0.29, 0.717) is 0 Å². The summed E-state index contributed by atoms with van der Waals surface area (Å²) in [5.41, 5.74) is -1.47. The molecule has 0 bridgehead atoms. The minimum atomic E-state index is -2.85. The van der Waals surface area contributed by atoms with Gasteiger partial charge in [0.2, 0.25) is 0 Å². The lowest BCUT2D eigenvalue weighted by atomic mass is 10.2. The van der Waals surface area contributed by atoms with Gasteiger partial charge in [-0.25, -0.2) is 8.78 Å². The Morgan fingerprint density at radius 3 is 2.69 bits per heavy atom. The SMILES string of the molecule is N#Cc1cc(C(F)F)c(=O)[nH]c1I. The number of nitriles is 1. The van der Waals surface area contributed by atoms with Gasteiger partial charge in [0.25, 0.3) is 12.0 Å². The van der Waals surface area contributed by atoms with Gasteiger partial charge in [0.1, 0.15) is 6.07 Å². The normalized spacial score (nSPS) is 10.1. The third-order valence-electron chi connectivity index (χ3n) is 1.38. The fraction of sp³-hybridized carbons (Fsp3) is 0.143. The number of H-pyrrole nitrogens is 1. The van der Waals surface area contributed by atoms with Crippen molar-refractivity contribution in [2.45, 2.75) is 6.43 Å². The van der Waals surface area contributed by atoms with Gasteiger partial charge in [0, 0.05) is 0 Å². The molecule has 0 aromatic carbocycles. The van der Waals surface area contributed by atoms with E-state index in [0.717, 1.165) is 6.07 Å². The summed E-state index contributed by atoms with van der Waals surface area (Å²) >= 11 is 1.70. The second kappa shape index (κ2) is 3.83. The number of hydrogen-bond donors (Lipinski definition) is 1. The zero-order valence-electron chi connectivity index (χ0n) is 6.14. The first-order chi connectivity index (χ1) is 6.06. The quantitative estimate of drug-likeness (QED) is 0.634. The highest BCUT2D eigenvalue weighted by Crippen LogP contribution is 2.17. The van der Waals surface area contributed by atoms with E-state index in [-0.39, 0.29) is 9.26 Å². The largest absolute Gasteiger partial charge is 0.316 e. The van der Waals surface area contributed by atoms with Crippen LogP contribution in [0.25, 0.3) is 0 Å². The predicted octanol–water partition coefficient (Wildman–Crippen LogP) is 1.79. The van der Waals surface area contributed by atoms with Crippen LogP contribution in [0.5, 0.6) is 0 Å². The minimum Gasteiger partial charge on any atom is -0.316 e. The van der Waals surface area contributed by atoms with E-state index in [1.807, 2.05) is 0 Å². The van der Waals surface area contributed by atoms with Crippen molar-refractivity contribution in [3.05, 3.63) is 31.2 Å². The lowest BCUT2D eigenvalue weighted by Gasteiger charge is -1.99. The molecule has 1 rings (SSSR count). The smallest absolute Gasteiger partial charge is 0.269 e. The molecule has 1 N–H and O–H groups in total. The molecular weight excluding hydrogens is 293 g/mol. The molecule has 0 aliphatic rings. The molecule has 13 heavy (non-hydrogen) atoms. The van der Waals surface area contributed by atoms with Crippen LogP contribution in [0.1, 0.15) is 17.6 Å². The minimum absolute atomic E-state index is 0.0514. The average Bonchev–Trinajstić information content (AvgIpc) is 2.03. The molecule has 0 aliphatic heterocycles. The van der Waals surface area contributed by atoms with Gasteiger partial charge in [0.15, 0.2) is 0 Å². The standard InChI is InChI=1S/C7H3F2IN2O/c8-5(9)4-1-3(2-11)6(10)12-7(4)13/h1,5H,(H,12,13). The predicted molar refractivity (Wildman–Crippen MR) is 49.5 cm³/mol. The Balaban J connectivity index is 3.42. The van der Waals surface area contributed by atoms with E-state index >= 15 is 0 Å². The van der Waals surface area contributed by atoms with Gasteiger partial charge < -0.3 is 4.98 Å². The van der Waals surface area contributed by atoms with Crippen LogP contribution in [0.15, 0.2) is 10.9 Å². The summed E-state index contributed by atoms with van der Waals surface area (Å²) in [5.74, 6) is 0. The Morgan fingerprint density at radius 1 is 1.62 bits per heavy atom. The highest BCUT2D eigenvalue weighted by molar-refractivity contribution is 14.1. The van der Waals surface area contributed by atoms with Crippen molar-refractivity contribution >= 4 is 22.6 Å². The Bertz CT molecular complexity index is 421. The Labute approximate surface area is 85.5 Å². The zero-order chi connectivity index (χ0) is 10.0. The van der Waals surface area contributed by atoms with Crippen LogP contribution in [-0.2, 0) is 0 Å². The zero-order valence-corrected chi connectivity index (χ0v) is 8.30. The molecule has 0 saturated carbocycles. The van der Waals surface area contributed by atoms with Crippen LogP contribution in [-0.4, -0.2) is 4.98 Å². The topological polar surface area (TPSA) is 56.6 Å². The third kappa shape index (κ3) is 2.03. The maximum Gasteiger partial charge on any atom is 0.269 e.